The molecule has 1 aromatic carbocycles. The van der Waals surface area contributed by atoms with Gasteiger partial charge < -0.3 is 14.6 Å². The summed E-state index contributed by atoms with van der Waals surface area (Å²) in [6.07, 6.45) is 0.0728. The molecule has 0 aliphatic carbocycles. The van der Waals surface area contributed by atoms with E-state index in [4.69, 9.17) is 14.6 Å². The Bertz CT molecular complexity index is 513. The van der Waals surface area contributed by atoms with E-state index >= 15 is 0 Å². The van der Waals surface area contributed by atoms with Crippen LogP contribution in [0.5, 0.6) is 11.5 Å². The number of rotatable bonds is 3. The number of aliphatic carboxylic acids is 1. The van der Waals surface area contributed by atoms with E-state index < -0.39 is 17.2 Å². The number of fused-ring (bicyclic) bond motifs is 1. The molecule has 1 aliphatic heterocycles. The van der Waals surface area contributed by atoms with Crippen LogP contribution in [0, 0.1) is 11.2 Å². The van der Waals surface area contributed by atoms with Crippen LogP contribution in [0.25, 0.3) is 0 Å². The number of carboxylic acids is 1. The summed E-state index contributed by atoms with van der Waals surface area (Å²) in [4.78, 5) is 11.1. The molecule has 0 atom stereocenters. The highest BCUT2D eigenvalue weighted by molar-refractivity contribution is 9.10. The van der Waals surface area contributed by atoms with E-state index in [1.54, 1.807) is 13.8 Å². The van der Waals surface area contributed by atoms with Crippen molar-refractivity contribution in [1.82, 2.24) is 0 Å². The van der Waals surface area contributed by atoms with Gasteiger partial charge in [0.1, 0.15) is 5.82 Å². The first-order valence-electron chi connectivity index (χ1n) is 5.33. The average Bonchev–Trinajstić information content (AvgIpc) is 2.73. The lowest BCUT2D eigenvalue weighted by Crippen LogP contribution is -2.26. The Morgan fingerprint density at radius 1 is 1.56 bits per heavy atom. The summed E-state index contributed by atoms with van der Waals surface area (Å²) >= 11 is 3.10. The third kappa shape index (κ3) is 2.16. The van der Waals surface area contributed by atoms with Gasteiger partial charge in [-0.05, 0) is 47.8 Å². The number of hydrogen-bond donors (Lipinski definition) is 1. The highest BCUT2D eigenvalue weighted by atomic mass is 79.9. The number of hydrogen-bond acceptors (Lipinski definition) is 3. The SMILES string of the molecule is CC(C)(Cc1cc2c(c(Br)c1F)OCO2)C(=O)O. The van der Waals surface area contributed by atoms with Gasteiger partial charge in [0, 0.05) is 0 Å². The van der Waals surface area contributed by atoms with Crippen LogP contribution >= 0.6 is 15.9 Å². The van der Waals surface area contributed by atoms with Crippen LogP contribution in [0.1, 0.15) is 19.4 Å². The Morgan fingerprint density at radius 3 is 2.83 bits per heavy atom. The highest BCUT2D eigenvalue weighted by Crippen LogP contribution is 2.43. The van der Waals surface area contributed by atoms with Crippen molar-refractivity contribution in [3.8, 4) is 11.5 Å². The second-order valence-corrected chi connectivity index (χ2v) is 5.56. The zero-order valence-corrected chi connectivity index (χ0v) is 11.5. The van der Waals surface area contributed by atoms with Gasteiger partial charge in [0.2, 0.25) is 6.79 Å². The Kier molecular flexibility index (Phi) is 3.23. The predicted octanol–water partition coefficient (Wildman–Crippen LogP) is 2.97. The second-order valence-electron chi connectivity index (χ2n) is 4.76. The van der Waals surface area contributed by atoms with Crippen LogP contribution in [0.15, 0.2) is 10.5 Å². The highest BCUT2D eigenvalue weighted by Gasteiger charge is 2.31. The molecule has 0 bridgehead atoms. The first-order valence-corrected chi connectivity index (χ1v) is 6.12. The maximum atomic E-state index is 14.1. The summed E-state index contributed by atoms with van der Waals surface area (Å²) in [5.74, 6) is -0.729. The van der Waals surface area contributed by atoms with Crippen molar-refractivity contribution in [3.05, 3.63) is 21.9 Å². The van der Waals surface area contributed by atoms with Crippen LogP contribution in [-0.4, -0.2) is 17.9 Å². The molecule has 98 valence electrons. The minimum atomic E-state index is -1.05. The van der Waals surface area contributed by atoms with Gasteiger partial charge in [-0.15, -0.1) is 0 Å². The second kappa shape index (κ2) is 4.42. The van der Waals surface area contributed by atoms with Crippen LogP contribution < -0.4 is 9.47 Å². The van der Waals surface area contributed by atoms with Crippen molar-refractivity contribution in [2.75, 3.05) is 6.79 Å². The van der Waals surface area contributed by atoms with Crippen molar-refractivity contribution in [3.63, 3.8) is 0 Å². The minimum absolute atomic E-state index is 0.0408. The Morgan fingerprint density at radius 2 is 2.22 bits per heavy atom. The number of carboxylic acid groups (broad SMARTS) is 1. The summed E-state index contributed by atoms with van der Waals surface area (Å²) in [6.45, 7) is 3.14. The molecule has 4 nitrogen and oxygen atoms in total. The lowest BCUT2D eigenvalue weighted by atomic mass is 9.85. The lowest BCUT2D eigenvalue weighted by molar-refractivity contribution is -0.146. The summed E-state index contributed by atoms with van der Waals surface area (Å²) in [5.41, 5.74) is -0.757. The number of ether oxygens (including phenoxy) is 2. The molecular formula is C12H12BrFO4. The quantitative estimate of drug-likeness (QED) is 0.931. The van der Waals surface area contributed by atoms with Crippen LogP contribution in [-0.2, 0) is 11.2 Å². The van der Waals surface area contributed by atoms with Crippen molar-refractivity contribution in [2.45, 2.75) is 20.3 Å². The fourth-order valence-electron chi connectivity index (χ4n) is 1.71. The molecule has 0 spiro atoms. The normalized spacial score (nSPS) is 13.8. The summed E-state index contributed by atoms with van der Waals surface area (Å²) in [5, 5.41) is 9.07. The van der Waals surface area contributed by atoms with E-state index in [0.29, 0.717) is 17.1 Å². The van der Waals surface area contributed by atoms with Gasteiger partial charge >= 0.3 is 5.97 Å². The summed E-state index contributed by atoms with van der Waals surface area (Å²) < 4.78 is 24.6. The molecule has 0 aromatic heterocycles. The molecule has 0 fully saturated rings. The smallest absolute Gasteiger partial charge is 0.309 e. The predicted molar refractivity (Wildman–Crippen MR) is 65.3 cm³/mol. The van der Waals surface area contributed by atoms with E-state index in [1.165, 1.54) is 6.07 Å². The molecule has 1 heterocycles. The van der Waals surface area contributed by atoms with Gasteiger partial charge in [-0.25, -0.2) is 4.39 Å². The van der Waals surface area contributed by atoms with Gasteiger partial charge in [0.15, 0.2) is 11.5 Å². The van der Waals surface area contributed by atoms with Crippen LogP contribution in [0.4, 0.5) is 4.39 Å². The lowest BCUT2D eigenvalue weighted by Gasteiger charge is -2.20. The number of carbonyl (C=O) groups is 1. The largest absolute Gasteiger partial charge is 0.481 e. The molecule has 0 saturated carbocycles. The molecule has 2 rings (SSSR count). The number of halogens is 2. The molecule has 0 saturated heterocycles. The van der Waals surface area contributed by atoms with Crippen molar-refractivity contribution < 1.29 is 23.8 Å². The molecule has 1 aliphatic rings. The monoisotopic (exact) mass is 318 g/mol. The number of benzene rings is 1. The van der Waals surface area contributed by atoms with Gasteiger partial charge in [0.05, 0.1) is 9.89 Å². The third-order valence-corrected chi connectivity index (χ3v) is 3.54. The molecular weight excluding hydrogens is 307 g/mol. The van der Waals surface area contributed by atoms with E-state index in [2.05, 4.69) is 15.9 Å². The minimum Gasteiger partial charge on any atom is -0.481 e. The van der Waals surface area contributed by atoms with Crippen molar-refractivity contribution in [2.24, 2.45) is 5.41 Å². The van der Waals surface area contributed by atoms with E-state index in [-0.39, 0.29) is 17.7 Å². The van der Waals surface area contributed by atoms with Crippen molar-refractivity contribution in [1.29, 1.82) is 0 Å². The van der Waals surface area contributed by atoms with Gasteiger partial charge in [-0.3, -0.25) is 4.79 Å². The van der Waals surface area contributed by atoms with Crippen molar-refractivity contribution >= 4 is 21.9 Å². The molecule has 0 amide bonds. The summed E-state index contributed by atoms with van der Waals surface area (Å²) in [7, 11) is 0. The van der Waals surface area contributed by atoms with Crippen LogP contribution in [0.3, 0.4) is 0 Å². The summed E-state index contributed by atoms with van der Waals surface area (Å²) in [6, 6.07) is 1.49. The molecule has 6 heteroatoms. The van der Waals surface area contributed by atoms with Gasteiger partial charge in [-0.2, -0.15) is 0 Å². The first kappa shape index (κ1) is 13.1. The average molecular weight is 319 g/mol. The zero-order valence-electron chi connectivity index (χ0n) is 9.92. The van der Waals surface area contributed by atoms with Gasteiger partial charge in [-0.1, -0.05) is 0 Å². The van der Waals surface area contributed by atoms with E-state index in [9.17, 15) is 9.18 Å². The van der Waals surface area contributed by atoms with Crippen LogP contribution in [0.2, 0.25) is 0 Å². The fourth-order valence-corrected chi connectivity index (χ4v) is 2.27. The molecule has 1 aromatic rings. The maximum absolute atomic E-state index is 14.1. The van der Waals surface area contributed by atoms with E-state index in [1.807, 2.05) is 0 Å². The Balaban J connectivity index is 2.41. The molecule has 18 heavy (non-hydrogen) atoms. The van der Waals surface area contributed by atoms with Gasteiger partial charge in [0.25, 0.3) is 0 Å². The topological polar surface area (TPSA) is 55.8 Å². The standard InChI is InChI=1S/C12H12BrFO4/c1-12(2,11(15)16)4-6-3-7-10(18-5-17-7)8(13)9(6)14/h3H,4-5H2,1-2H3,(H,15,16). The Labute approximate surface area is 112 Å². The Hall–Kier alpha value is -1.30. The fraction of sp³-hybridized carbons (Fsp3) is 0.417. The maximum Gasteiger partial charge on any atom is 0.309 e. The molecule has 0 radical (unpaired) electrons. The molecule has 1 N–H and O–H groups in total. The molecule has 0 unspecified atom stereocenters. The first-order chi connectivity index (χ1) is 8.33. The van der Waals surface area contributed by atoms with E-state index in [0.717, 1.165) is 0 Å². The third-order valence-electron chi connectivity index (χ3n) is 2.83. The zero-order chi connectivity index (χ0) is 13.5.